The highest BCUT2D eigenvalue weighted by molar-refractivity contribution is 5.97. The smallest absolute Gasteiger partial charge is 0.201 e. The predicted molar refractivity (Wildman–Crippen MR) is 129 cm³/mol. The standard InChI is InChI=1S/C29H32N/c1-5-22(6-2)19-23-12-15-24(16-13-23)26-17-18-30(4)28(20-26)29-21(3)11-14-25-9-7-8-10-27(25)29/h7-18,20,22H,5-6,19H2,1-4H3/q+1/i15D,16D,19D2. The first-order chi connectivity index (χ1) is 16.2. The maximum absolute atomic E-state index is 8.73. The quantitative estimate of drug-likeness (QED) is 0.300. The first kappa shape index (κ1) is 15.8. The molecule has 4 aromatic rings. The second kappa shape index (κ2) is 8.83. The lowest BCUT2D eigenvalue weighted by Crippen LogP contribution is -2.30. The van der Waals surface area contributed by atoms with Crippen molar-refractivity contribution in [1.29, 1.82) is 0 Å². The topological polar surface area (TPSA) is 3.88 Å². The van der Waals surface area contributed by atoms with E-state index in [1.807, 2.05) is 45.3 Å². The number of pyridine rings is 1. The molecule has 0 aliphatic carbocycles. The van der Waals surface area contributed by atoms with Crippen molar-refractivity contribution in [2.24, 2.45) is 13.0 Å². The predicted octanol–water partition coefficient (Wildman–Crippen LogP) is 7.29. The molecule has 152 valence electrons. The van der Waals surface area contributed by atoms with Crippen molar-refractivity contribution in [3.63, 3.8) is 0 Å². The van der Waals surface area contributed by atoms with E-state index in [9.17, 15) is 0 Å². The Kier molecular flexibility index (Phi) is 4.67. The minimum Gasteiger partial charge on any atom is -0.201 e. The Labute approximate surface area is 186 Å². The first-order valence-electron chi connectivity index (χ1n) is 12.8. The summed E-state index contributed by atoms with van der Waals surface area (Å²) in [7, 11) is 2.01. The lowest BCUT2D eigenvalue weighted by molar-refractivity contribution is -0.660. The Hall–Kier alpha value is -2.93. The van der Waals surface area contributed by atoms with Gasteiger partial charge in [0.25, 0.3) is 0 Å². The first-order valence-corrected chi connectivity index (χ1v) is 10.8. The van der Waals surface area contributed by atoms with Crippen LogP contribution in [0.25, 0.3) is 33.2 Å². The Balaban J connectivity index is 1.88. The van der Waals surface area contributed by atoms with E-state index in [0.717, 1.165) is 35.2 Å². The third-order valence-corrected chi connectivity index (χ3v) is 5.93. The largest absolute Gasteiger partial charge is 0.213 e. The Morgan fingerprint density at radius 1 is 0.933 bits per heavy atom. The molecule has 0 atom stereocenters. The van der Waals surface area contributed by atoms with Crippen LogP contribution in [0.3, 0.4) is 0 Å². The molecule has 0 saturated carbocycles. The maximum atomic E-state index is 8.73. The second-order valence-corrected chi connectivity index (χ2v) is 7.96. The molecule has 1 heteroatoms. The number of rotatable bonds is 6. The zero-order valence-corrected chi connectivity index (χ0v) is 18.3. The summed E-state index contributed by atoms with van der Waals surface area (Å²) in [4.78, 5) is 0. The lowest BCUT2D eigenvalue weighted by Gasteiger charge is -2.13. The average Bonchev–Trinajstić information content (AvgIpc) is 2.80. The van der Waals surface area contributed by atoms with Gasteiger partial charge in [-0.2, -0.15) is 0 Å². The molecular formula is C29H32N+. The summed E-state index contributed by atoms with van der Waals surface area (Å²) < 4.78 is 36.9. The van der Waals surface area contributed by atoms with Gasteiger partial charge in [-0.15, -0.1) is 0 Å². The van der Waals surface area contributed by atoms with E-state index >= 15 is 0 Å². The summed E-state index contributed by atoms with van der Waals surface area (Å²) in [5.74, 6) is -0.145. The van der Waals surface area contributed by atoms with E-state index < -0.39 is 6.37 Å². The number of benzene rings is 3. The van der Waals surface area contributed by atoms with Crippen LogP contribution >= 0.6 is 0 Å². The van der Waals surface area contributed by atoms with Crippen molar-refractivity contribution < 1.29 is 10.1 Å². The van der Waals surface area contributed by atoms with Gasteiger partial charge in [-0.25, -0.2) is 4.57 Å². The third-order valence-electron chi connectivity index (χ3n) is 5.93. The summed E-state index contributed by atoms with van der Waals surface area (Å²) in [6.45, 7) is 6.09. The summed E-state index contributed by atoms with van der Waals surface area (Å²) in [5, 5.41) is 2.34. The monoisotopic (exact) mass is 398 g/mol. The van der Waals surface area contributed by atoms with Gasteiger partial charge in [0, 0.05) is 14.9 Å². The zero-order chi connectivity index (χ0) is 24.6. The lowest BCUT2D eigenvalue weighted by atomic mass is 9.93. The molecule has 1 nitrogen and oxygen atoms in total. The highest BCUT2D eigenvalue weighted by Gasteiger charge is 2.17. The molecule has 0 aliphatic heterocycles. The van der Waals surface area contributed by atoms with Gasteiger partial charge in [0.2, 0.25) is 5.69 Å². The molecule has 0 spiro atoms. The molecule has 0 aliphatic rings. The molecule has 0 fully saturated rings. The molecule has 4 rings (SSSR count). The highest BCUT2D eigenvalue weighted by Crippen LogP contribution is 2.32. The molecule has 0 amide bonds. The van der Waals surface area contributed by atoms with Crippen molar-refractivity contribution in [1.82, 2.24) is 0 Å². The molecule has 1 aromatic heterocycles. The number of nitrogens with zero attached hydrogens (tertiary/aromatic N) is 1. The van der Waals surface area contributed by atoms with Crippen molar-refractivity contribution in [2.75, 3.05) is 0 Å². The van der Waals surface area contributed by atoms with Gasteiger partial charge in [-0.05, 0) is 52.2 Å². The van der Waals surface area contributed by atoms with Crippen LogP contribution in [0.15, 0.2) is 78.9 Å². The van der Waals surface area contributed by atoms with E-state index in [4.69, 9.17) is 5.48 Å². The van der Waals surface area contributed by atoms with E-state index in [-0.39, 0.29) is 18.0 Å². The Morgan fingerprint density at radius 3 is 2.40 bits per heavy atom. The van der Waals surface area contributed by atoms with E-state index in [0.29, 0.717) is 11.1 Å². The Morgan fingerprint density at radius 2 is 1.67 bits per heavy atom. The van der Waals surface area contributed by atoms with Crippen LogP contribution in [0.1, 0.15) is 43.3 Å². The number of aryl methyl sites for hydroxylation is 2. The molecule has 0 saturated heterocycles. The normalized spacial score (nSPS) is 13.8. The van der Waals surface area contributed by atoms with Crippen molar-refractivity contribution in [3.8, 4) is 22.4 Å². The highest BCUT2D eigenvalue weighted by atomic mass is 14.9. The van der Waals surface area contributed by atoms with Crippen LogP contribution in [-0.4, -0.2) is 0 Å². The van der Waals surface area contributed by atoms with Gasteiger partial charge in [0.1, 0.15) is 7.05 Å². The summed E-state index contributed by atoms with van der Waals surface area (Å²) in [6.07, 6.45) is 1.84. The van der Waals surface area contributed by atoms with Gasteiger partial charge in [0.05, 0.1) is 8.30 Å². The number of aromatic nitrogens is 1. The minimum absolute atomic E-state index is 0.145. The molecule has 3 aromatic carbocycles. The van der Waals surface area contributed by atoms with Gasteiger partial charge in [0.15, 0.2) is 6.20 Å². The van der Waals surface area contributed by atoms with Crippen molar-refractivity contribution in [2.45, 2.75) is 40.0 Å². The van der Waals surface area contributed by atoms with Crippen LogP contribution < -0.4 is 4.57 Å². The van der Waals surface area contributed by atoms with Crippen LogP contribution in [0.4, 0.5) is 0 Å². The third kappa shape index (κ3) is 4.03. The van der Waals surface area contributed by atoms with Crippen LogP contribution in [-0.2, 0) is 13.4 Å². The maximum Gasteiger partial charge on any atom is 0.213 e. The summed E-state index contributed by atoms with van der Waals surface area (Å²) in [6, 6.07) is 20.2. The SMILES string of the molecule is [2H]c1cc(C([2H])([2H])C(CC)CC)cc([2H])c1-c1cc[n+](C)c(-c2c(C)ccc3ccccc23)c1. The number of hydrogen-bond donors (Lipinski definition) is 0. The summed E-state index contributed by atoms with van der Waals surface area (Å²) >= 11 is 0. The summed E-state index contributed by atoms with van der Waals surface area (Å²) in [5.41, 5.74) is 5.07. The van der Waals surface area contributed by atoms with Gasteiger partial charge >= 0.3 is 0 Å². The molecule has 0 bridgehead atoms. The molecule has 0 radical (unpaired) electrons. The average molecular weight is 399 g/mol. The molecule has 0 unspecified atom stereocenters. The van der Waals surface area contributed by atoms with Crippen LogP contribution in [0.2, 0.25) is 0 Å². The fraction of sp³-hybridized carbons (Fsp3) is 0.276. The van der Waals surface area contributed by atoms with Crippen LogP contribution in [0, 0.1) is 12.8 Å². The fourth-order valence-corrected chi connectivity index (χ4v) is 4.06. The van der Waals surface area contributed by atoms with Crippen LogP contribution in [0.5, 0.6) is 0 Å². The van der Waals surface area contributed by atoms with Gasteiger partial charge < -0.3 is 0 Å². The minimum atomic E-state index is -1.57. The molecule has 1 heterocycles. The number of hydrogen-bond acceptors (Lipinski definition) is 0. The van der Waals surface area contributed by atoms with Crippen molar-refractivity contribution in [3.05, 3.63) is 90.1 Å². The number of fused-ring (bicyclic) bond motifs is 1. The van der Waals surface area contributed by atoms with E-state index in [1.165, 1.54) is 10.8 Å². The fourth-order valence-electron chi connectivity index (χ4n) is 4.06. The van der Waals surface area contributed by atoms with E-state index in [1.54, 1.807) is 12.1 Å². The Bertz CT molecular complexity index is 1330. The molecular weight excluding hydrogens is 362 g/mol. The molecule has 30 heavy (non-hydrogen) atoms. The van der Waals surface area contributed by atoms with Gasteiger partial charge in [-0.3, -0.25) is 0 Å². The van der Waals surface area contributed by atoms with Gasteiger partial charge in [-0.1, -0.05) is 87.3 Å². The molecule has 0 N–H and O–H groups in total. The second-order valence-electron chi connectivity index (χ2n) is 7.96. The zero-order valence-electron chi connectivity index (χ0n) is 22.3. The van der Waals surface area contributed by atoms with E-state index in [2.05, 4.69) is 41.8 Å². The van der Waals surface area contributed by atoms with Crippen molar-refractivity contribution >= 4 is 10.8 Å².